The van der Waals surface area contributed by atoms with Gasteiger partial charge in [0.05, 0.1) is 19.3 Å². The molecule has 0 aromatic heterocycles. The number of amides is 2. The molecule has 10 nitrogen and oxygen atoms in total. The second-order valence-corrected chi connectivity index (χ2v) is 9.39. The number of carbonyl (C=O) groups is 2. The number of hydrogen-bond donors (Lipinski definition) is 6. The fourth-order valence-corrected chi connectivity index (χ4v) is 4.22. The van der Waals surface area contributed by atoms with E-state index in [1.165, 1.54) is 7.11 Å². The molecule has 0 aliphatic carbocycles. The smallest absolute Gasteiger partial charge is 0.247 e. The molecule has 2 amide bonds. The van der Waals surface area contributed by atoms with Crippen LogP contribution in [0.2, 0.25) is 0 Å². The van der Waals surface area contributed by atoms with Crippen molar-refractivity contribution in [1.82, 2.24) is 5.32 Å². The van der Waals surface area contributed by atoms with E-state index in [-0.39, 0.29) is 24.9 Å². The number of carbonyl (C=O) groups excluding carboxylic acids is 2. The molecule has 1 atom stereocenters. The minimum absolute atomic E-state index is 0.0682. The number of hydrogen-bond acceptors (Lipinski definition) is 7. The molecule has 0 bridgehead atoms. The van der Waals surface area contributed by atoms with Crippen LogP contribution in [0.25, 0.3) is 0 Å². The van der Waals surface area contributed by atoms with Gasteiger partial charge in [0.1, 0.15) is 18.5 Å². The quantitative estimate of drug-likeness (QED) is 0.105. The zero-order chi connectivity index (χ0) is 29.9. The van der Waals surface area contributed by atoms with Crippen molar-refractivity contribution in [3.8, 4) is 11.5 Å². The summed E-state index contributed by atoms with van der Waals surface area (Å²) in [6.07, 6.45) is 0. The van der Waals surface area contributed by atoms with Gasteiger partial charge in [0, 0.05) is 29.4 Å². The lowest BCUT2D eigenvalue weighted by atomic mass is 10.0. The van der Waals surface area contributed by atoms with Crippen LogP contribution in [0, 0.1) is 5.41 Å². The van der Waals surface area contributed by atoms with Crippen molar-refractivity contribution >= 4 is 29.0 Å². The number of rotatable bonds is 13. The second-order valence-electron chi connectivity index (χ2n) is 9.39. The van der Waals surface area contributed by atoms with Crippen LogP contribution in [0.4, 0.5) is 11.4 Å². The number of methoxy groups -OCH3 is 1. The van der Waals surface area contributed by atoms with Crippen LogP contribution in [0.3, 0.4) is 0 Å². The first kappa shape index (κ1) is 29.6. The molecule has 0 saturated heterocycles. The number of amidine groups is 1. The number of benzene rings is 4. The van der Waals surface area contributed by atoms with E-state index in [2.05, 4.69) is 16.0 Å². The van der Waals surface area contributed by atoms with Crippen molar-refractivity contribution in [3.63, 3.8) is 0 Å². The molecular weight excluding hydrogens is 532 g/mol. The van der Waals surface area contributed by atoms with Gasteiger partial charge in [-0.1, -0.05) is 60.7 Å². The van der Waals surface area contributed by atoms with Crippen molar-refractivity contribution in [1.29, 1.82) is 5.41 Å². The highest BCUT2D eigenvalue weighted by Crippen LogP contribution is 2.38. The van der Waals surface area contributed by atoms with Gasteiger partial charge in [-0.25, -0.2) is 0 Å². The number of nitrogen functional groups attached to an aromatic ring is 1. The first-order valence-corrected chi connectivity index (χ1v) is 13.3. The molecule has 4 rings (SSSR count). The third-order valence-corrected chi connectivity index (χ3v) is 6.42. The van der Waals surface area contributed by atoms with E-state index in [0.29, 0.717) is 40.5 Å². The first-order chi connectivity index (χ1) is 20.4. The Morgan fingerprint density at radius 2 is 1.52 bits per heavy atom. The fraction of sp³-hybridized carbons (Fsp3) is 0.156. The maximum Gasteiger partial charge on any atom is 0.247 e. The average molecular weight is 567 g/mol. The van der Waals surface area contributed by atoms with Crippen LogP contribution in [0.1, 0.15) is 28.3 Å². The Morgan fingerprint density at radius 1 is 0.881 bits per heavy atom. The summed E-state index contributed by atoms with van der Waals surface area (Å²) in [6.45, 7) is 0.306. The molecule has 8 N–H and O–H groups in total. The topological polar surface area (TPSA) is 165 Å². The SMILES string of the molecule is COc1cc([C@H](Nc2ccc(C(=N)N)cc2)C(=O)NCc2ccccc2)c(NC(=O)CN)cc1OCc1ccccc1. The zero-order valence-corrected chi connectivity index (χ0v) is 23.2. The number of nitrogens with two attached hydrogens (primary N) is 2. The Kier molecular flexibility index (Phi) is 10.1. The van der Waals surface area contributed by atoms with E-state index < -0.39 is 11.9 Å². The van der Waals surface area contributed by atoms with Gasteiger partial charge in [-0.05, 0) is 41.5 Å². The molecule has 216 valence electrons. The summed E-state index contributed by atoms with van der Waals surface area (Å²) in [7, 11) is 1.50. The van der Waals surface area contributed by atoms with Crippen molar-refractivity contribution < 1.29 is 19.1 Å². The lowest BCUT2D eigenvalue weighted by Gasteiger charge is -2.24. The summed E-state index contributed by atoms with van der Waals surface area (Å²) >= 11 is 0. The molecule has 0 unspecified atom stereocenters. The molecule has 10 heteroatoms. The van der Waals surface area contributed by atoms with Crippen LogP contribution < -0.4 is 36.9 Å². The maximum atomic E-state index is 13.8. The van der Waals surface area contributed by atoms with E-state index in [1.54, 1.807) is 36.4 Å². The lowest BCUT2D eigenvalue weighted by Crippen LogP contribution is -2.34. The molecule has 0 aliphatic rings. The molecule has 0 radical (unpaired) electrons. The lowest BCUT2D eigenvalue weighted by molar-refractivity contribution is -0.122. The predicted octanol–water partition coefficient (Wildman–Crippen LogP) is 3.93. The Bertz CT molecular complexity index is 1510. The molecular formula is C32H34N6O4. The first-order valence-electron chi connectivity index (χ1n) is 13.3. The van der Waals surface area contributed by atoms with Gasteiger partial charge < -0.3 is 36.9 Å². The van der Waals surface area contributed by atoms with Crippen molar-refractivity contribution in [2.24, 2.45) is 11.5 Å². The standard InChI is InChI=1S/C32H34N6O4/c1-41-27-16-25(26(38-29(39)18-33)17-28(27)42-20-22-10-6-3-7-11-22)30(32(40)36-19-21-8-4-2-5-9-21)37-24-14-12-23(13-15-24)31(34)35/h2-17,30,37H,18-20,33H2,1H3,(H3,34,35)(H,36,40)(H,38,39)/t30-/m0/s1. The van der Waals surface area contributed by atoms with Gasteiger partial charge in [0.25, 0.3) is 0 Å². The van der Waals surface area contributed by atoms with Crippen molar-refractivity contribution in [2.45, 2.75) is 19.2 Å². The van der Waals surface area contributed by atoms with E-state index in [1.807, 2.05) is 60.7 Å². The number of anilines is 2. The minimum Gasteiger partial charge on any atom is -0.493 e. The van der Waals surface area contributed by atoms with Gasteiger partial charge in [-0.3, -0.25) is 15.0 Å². The van der Waals surface area contributed by atoms with Crippen molar-refractivity contribution in [3.05, 3.63) is 119 Å². The van der Waals surface area contributed by atoms with E-state index >= 15 is 0 Å². The predicted molar refractivity (Wildman–Crippen MR) is 164 cm³/mol. The van der Waals surface area contributed by atoms with E-state index in [9.17, 15) is 9.59 Å². The highest BCUT2D eigenvalue weighted by atomic mass is 16.5. The fourth-order valence-electron chi connectivity index (χ4n) is 4.22. The van der Waals surface area contributed by atoms with Gasteiger partial charge >= 0.3 is 0 Å². The summed E-state index contributed by atoms with van der Waals surface area (Å²) in [5.41, 5.74) is 15.0. The van der Waals surface area contributed by atoms with Crippen LogP contribution in [0.15, 0.2) is 97.1 Å². The van der Waals surface area contributed by atoms with Gasteiger partial charge in [-0.15, -0.1) is 0 Å². The van der Waals surface area contributed by atoms with Crippen molar-refractivity contribution in [2.75, 3.05) is 24.3 Å². The largest absolute Gasteiger partial charge is 0.493 e. The molecule has 0 fully saturated rings. The van der Waals surface area contributed by atoms with Crippen LogP contribution in [0.5, 0.6) is 11.5 Å². The average Bonchev–Trinajstić information content (AvgIpc) is 3.02. The molecule has 0 aliphatic heterocycles. The molecule has 42 heavy (non-hydrogen) atoms. The number of ether oxygens (including phenoxy) is 2. The highest BCUT2D eigenvalue weighted by molar-refractivity contribution is 5.97. The van der Waals surface area contributed by atoms with E-state index in [0.717, 1.165) is 11.1 Å². The Morgan fingerprint density at radius 3 is 2.12 bits per heavy atom. The summed E-state index contributed by atoms with van der Waals surface area (Å²) < 4.78 is 11.7. The Hall–Kier alpha value is -5.35. The van der Waals surface area contributed by atoms with E-state index in [4.69, 9.17) is 26.4 Å². The summed E-state index contributed by atoms with van der Waals surface area (Å²) in [4.78, 5) is 26.2. The zero-order valence-electron chi connectivity index (χ0n) is 23.2. The monoisotopic (exact) mass is 566 g/mol. The van der Waals surface area contributed by atoms with Gasteiger partial charge in [0.15, 0.2) is 11.5 Å². The van der Waals surface area contributed by atoms with Gasteiger partial charge in [0.2, 0.25) is 11.8 Å². The molecule has 4 aromatic carbocycles. The molecule has 0 saturated carbocycles. The molecule has 0 heterocycles. The van der Waals surface area contributed by atoms with Crippen LogP contribution in [-0.4, -0.2) is 31.3 Å². The minimum atomic E-state index is -0.970. The third-order valence-electron chi connectivity index (χ3n) is 6.42. The normalized spacial score (nSPS) is 11.2. The Labute approximate surface area is 244 Å². The third kappa shape index (κ3) is 7.86. The maximum absolute atomic E-state index is 13.8. The molecule has 4 aromatic rings. The van der Waals surface area contributed by atoms with Crippen LogP contribution >= 0.6 is 0 Å². The number of nitrogens with one attached hydrogen (secondary N) is 4. The Balaban J connectivity index is 1.73. The van der Waals surface area contributed by atoms with Crippen LogP contribution in [-0.2, 0) is 22.7 Å². The summed E-state index contributed by atoms with van der Waals surface area (Å²) in [5.74, 6) is -0.100. The summed E-state index contributed by atoms with van der Waals surface area (Å²) in [5, 5.41) is 16.7. The van der Waals surface area contributed by atoms with Gasteiger partial charge in [-0.2, -0.15) is 0 Å². The second kappa shape index (κ2) is 14.3. The highest BCUT2D eigenvalue weighted by Gasteiger charge is 2.27. The summed E-state index contributed by atoms with van der Waals surface area (Å²) in [6, 6.07) is 28.3. The molecule has 0 spiro atoms.